The van der Waals surface area contributed by atoms with Crippen molar-refractivity contribution in [2.75, 3.05) is 5.32 Å². The first-order valence-corrected chi connectivity index (χ1v) is 6.82. The van der Waals surface area contributed by atoms with E-state index in [1.807, 2.05) is 30.3 Å². The molecule has 1 N–H and O–H groups in total. The average molecular weight is 288 g/mol. The van der Waals surface area contributed by atoms with Gasteiger partial charge in [-0.3, -0.25) is 10.1 Å². The Kier molecular flexibility index (Phi) is 4.87. The van der Waals surface area contributed by atoms with Crippen LogP contribution < -0.4 is 5.32 Å². The van der Waals surface area contributed by atoms with Gasteiger partial charge in [0.15, 0.2) is 0 Å². The van der Waals surface area contributed by atoms with Crippen LogP contribution in [0.5, 0.6) is 0 Å². The Labute approximate surface area is 122 Å². The highest BCUT2D eigenvalue weighted by Gasteiger charge is 2.31. The molecule has 0 aliphatic carbocycles. The maximum atomic E-state index is 13.1. The number of hydrogen-bond donors (Lipinski definition) is 1. The molecule has 2 rings (SSSR count). The molecule has 2 aromatic rings. The van der Waals surface area contributed by atoms with E-state index in [-0.39, 0.29) is 10.7 Å². The second kappa shape index (κ2) is 6.83. The Morgan fingerprint density at radius 2 is 1.76 bits per heavy atom. The van der Waals surface area contributed by atoms with Crippen LogP contribution in [-0.4, -0.2) is 11.0 Å². The van der Waals surface area contributed by atoms with Crippen LogP contribution >= 0.6 is 0 Å². The summed E-state index contributed by atoms with van der Waals surface area (Å²) in [6.45, 7) is 1.77. The number of anilines is 1. The van der Waals surface area contributed by atoms with E-state index in [9.17, 15) is 14.5 Å². The summed E-state index contributed by atoms with van der Waals surface area (Å²) >= 11 is 0. The quantitative estimate of drug-likeness (QED) is 0.645. The molecule has 0 saturated carbocycles. The van der Waals surface area contributed by atoms with Crippen molar-refractivity contribution < 1.29 is 9.31 Å². The molecule has 0 amide bonds. The monoisotopic (exact) mass is 288 g/mol. The summed E-state index contributed by atoms with van der Waals surface area (Å²) in [7, 11) is 0. The molecular formula is C16H17FN2O2. The molecule has 5 heteroatoms. The van der Waals surface area contributed by atoms with Crippen molar-refractivity contribution in [3.63, 3.8) is 0 Å². The lowest BCUT2D eigenvalue weighted by Crippen LogP contribution is -2.32. The third-order valence-electron chi connectivity index (χ3n) is 3.40. The number of para-hydroxylation sites is 1. The van der Waals surface area contributed by atoms with Crippen LogP contribution in [0.2, 0.25) is 0 Å². The summed E-state index contributed by atoms with van der Waals surface area (Å²) in [4.78, 5) is 11.0. The SMILES string of the molecule is CC[C@H]([C@H](Nc1ccccc1)c1ccc(F)cc1)[N+](=O)[O-]. The number of hydrogen-bond acceptors (Lipinski definition) is 3. The van der Waals surface area contributed by atoms with Crippen LogP contribution in [-0.2, 0) is 0 Å². The van der Waals surface area contributed by atoms with Gasteiger partial charge in [-0.2, -0.15) is 0 Å². The highest BCUT2D eigenvalue weighted by molar-refractivity contribution is 5.45. The molecule has 0 spiro atoms. The van der Waals surface area contributed by atoms with E-state index in [4.69, 9.17) is 0 Å². The molecule has 2 aromatic carbocycles. The third-order valence-corrected chi connectivity index (χ3v) is 3.40. The Bertz CT molecular complexity index is 587. The van der Waals surface area contributed by atoms with Crippen molar-refractivity contribution in [1.82, 2.24) is 0 Å². The van der Waals surface area contributed by atoms with Crippen LogP contribution in [0.3, 0.4) is 0 Å². The number of nitrogens with one attached hydrogen (secondary N) is 1. The van der Waals surface area contributed by atoms with Crippen molar-refractivity contribution in [3.8, 4) is 0 Å². The Morgan fingerprint density at radius 3 is 2.29 bits per heavy atom. The van der Waals surface area contributed by atoms with Gasteiger partial charge in [-0.05, 0) is 29.8 Å². The van der Waals surface area contributed by atoms with Crippen molar-refractivity contribution in [2.45, 2.75) is 25.4 Å². The fraction of sp³-hybridized carbons (Fsp3) is 0.250. The molecule has 0 unspecified atom stereocenters. The molecule has 0 radical (unpaired) electrons. The maximum absolute atomic E-state index is 13.1. The third kappa shape index (κ3) is 3.78. The van der Waals surface area contributed by atoms with Gasteiger partial charge in [-0.25, -0.2) is 4.39 Å². The molecule has 4 nitrogen and oxygen atoms in total. The molecule has 0 fully saturated rings. The second-order valence-corrected chi connectivity index (χ2v) is 4.80. The van der Waals surface area contributed by atoms with Gasteiger partial charge >= 0.3 is 0 Å². The predicted octanol–water partition coefficient (Wildman–Crippen LogP) is 4.03. The smallest absolute Gasteiger partial charge is 0.236 e. The standard InChI is InChI=1S/C16H17FN2O2/c1-2-15(19(20)21)16(12-8-10-13(17)11-9-12)18-14-6-4-3-5-7-14/h3-11,15-16,18H,2H2,1H3/t15-,16-/m1/s1. The van der Waals surface area contributed by atoms with Gasteiger partial charge in [0, 0.05) is 17.0 Å². The van der Waals surface area contributed by atoms with E-state index >= 15 is 0 Å². The van der Waals surface area contributed by atoms with Crippen LogP contribution in [0.25, 0.3) is 0 Å². The lowest BCUT2D eigenvalue weighted by molar-refractivity contribution is -0.526. The Morgan fingerprint density at radius 1 is 1.14 bits per heavy atom. The Hall–Kier alpha value is -2.43. The summed E-state index contributed by atoms with van der Waals surface area (Å²) in [6, 6.07) is 13.8. The fourth-order valence-electron chi connectivity index (χ4n) is 2.29. The zero-order chi connectivity index (χ0) is 15.2. The normalized spacial score (nSPS) is 13.4. The second-order valence-electron chi connectivity index (χ2n) is 4.80. The molecule has 0 aliphatic rings. The summed E-state index contributed by atoms with van der Waals surface area (Å²) < 4.78 is 13.1. The molecule has 2 atom stereocenters. The van der Waals surface area contributed by atoms with Gasteiger partial charge in [-0.1, -0.05) is 37.3 Å². The van der Waals surface area contributed by atoms with Crippen molar-refractivity contribution >= 4 is 5.69 Å². The zero-order valence-electron chi connectivity index (χ0n) is 11.7. The van der Waals surface area contributed by atoms with Gasteiger partial charge in [-0.15, -0.1) is 0 Å². The highest BCUT2D eigenvalue weighted by atomic mass is 19.1. The Balaban J connectivity index is 2.34. The molecule has 0 aromatic heterocycles. The van der Waals surface area contributed by atoms with Crippen molar-refractivity contribution in [3.05, 3.63) is 76.1 Å². The number of rotatable bonds is 6. The highest BCUT2D eigenvalue weighted by Crippen LogP contribution is 2.26. The first-order chi connectivity index (χ1) is 10.1. The van der Waals surface area contributed by atoms with Crippen LogP contribution in [0.4, 0.5) is 10.1 Å². The lowest BCUT2D eigenvalue weighted by Gasteiger charge is -2.23. The van der Waals surface area contributed by atoms with Crippen LogP contribution in [0.1, 0.15) is 24.9 Å². The van der Waals surface area contributed by atoms with E-state index in [1.165, 1.54) is 12.1 Å². The molecule has 110 valence electrons. The molecule has 0 saturated heterocycles. The van der Waals surface area contributed by atoms with Crippen LogP contribution in [0.15, 0.2) is 54.6 Å². The molecular weight excluding hydrogens is 271 g/mol. The summed E-state index contributed by atoms with van der Waals surface area (Å²) in [5.74, 6) is -0.355. The molecule has 0 bridgehead atoms. The minimum atomic E-state index is -0.782. The van der Waals surface area contributed by atoms with Crippen molar-refractivity contribution in [1.29, 1.82) is 0 Å². The van der Waals surface area contributed by atoms with E-state index < -0.39 is 12.1 Å². The number of nitrogens with zero attached hydrogens (tertiary/aromatic N) is 1. The lowest BCUT2D eigenvalue weighted by atomic mass is 9.97. The van der Waals surface area contributed by atoms with Gasteiger partial charge in [0.05, 0.1) is 0 Å². The maximum Gasteiger partial charge on any atom is 0.236 e. The molecule has 21 heavy (non-hydrogen) atoms. The minimum absolute atomic E-state index is 0.288. The van der Waals surface area contributed by atoms with Crippen molar-refractivity contribution in [2.24, 2.45) is 0 Å². The van der Waals surface area contributed by atoms with Crippen LogP contribution in [0, 0.1) is 15.9 Å². The number of halogens is 1. The number of nitro groups is 1. The van der Waals surface area contributed by atoms with Gasteiger partial charge in [0.2, 0.25) is 6.04 Å². The fourth-order valence-corrected chi connectivity index (χ4v) is 2.29. The first-order valence-electron chi connectivity index (χ1n) is 6.82. The zero-order valence-corrected chi connectivity index (χ0v) is 11.7. The largest absolute Gasteiger partial charge is 0.372 e. The summed E-state index contributed by atoms with van der Waals surface area (Å²) in [5, 5.41) is 14.5. The van der Waals surface area contributed by atoms with Gasteiger partial charge in [0.25, 0.3) is 0 Å². The van der Waals surface area contributed by atoms with E-state index in [1.54, 1.807) is 19.1 Å². The predicted molar refractivity (Wildman–Crippen MR) is 80.3 cm³/mol. The van der Waals surface area contributed by atoms with E-state index in [0.717, 1.165) is 5.69 Å². The first kappa shape index (κ1) is 15.0. The molecule has 0 aliphatic heterocycles. The van der Waals surface area contributed by atoms with E-state index in [0.29, 0.717) is 12.0 Å². The topological polar surface area (TPSA) is 55.2 Å². The minimum Gasteiger partial charge on any atom is -0.372 e. The summed E-state index contributed by atoms with van der Waals surface area (Å²) in [6.07, 6.45) is 0.384. The van der Waals surface area contributed by atoms with Gasteiger partial charge in [0.1, 0.15) is 11.9 Å². The summed E-state index contributed by atoms with van der Waals surface area (Å²) in [5.41, 5.74) is 1.50. The molecule has 0 heterocycles. The number of benzene rings is 2. The average Bonchev–Trinajstić information content (AvgIpc) is 2.48. The van der Waals surface area contributed by atoms with Gasteiger partial charge < -0.3 is 5.32 Å². The van der Waals surface area contributed by atoms with E-state index in [2.05, 4.69) is 5.32 Å².